The molecule has 1 aliphatic heterocycles. The zero-order valence-electron chi connectivity index (χ0n) is 11.7. The van der Waals surface area contributed by atoms with Crippen LogP contribution in [0, 0.1) is 0 Å². The number of pyridine rings is 1. The smallest absolute Gasteiger partial charge is 0.255 e. The van der Waals surface area contributed by atoms with E-state index in [0.717, 1.165) is 18.2 Å². The molecule has 110 valence electrons. The minimum Gasteiger partial charge on any atom is -0.345 e. The fourth-order valence-electron chi connectivity index (χ4n) is 2.38. The van der Waals surface area contributed by atoms with E-state index in [4.69, 9.17) is 0 Å². The lowest BCUT2D eigenvalue weighted by molar-refractivity contribution is 0.0746. The van der Waals surface area contributed by atoms with Crippen molar-refractivity contribution in [1.82, 2.24) is 14.5 Å². The lowest BCUT2D eigenvalue weighted by Gasteiger charge is -2.34. The normalized spacial score (nSPS) is 15.3. The fraction of sp³-hybridized carbons (Fsp3) is 0.357. The Labute approximate surface area is 126 Å². The molecule has 0 aliphatic carbocycles. The van der Waals surface area contributed by atoms with Gasteiger partial charge in [0.25, 0.3) is 5.91 Å². The van der Waals surface area contributed by atoms with E-state index >= 15 is 0 Å². The molecule has 1 amide bonds. The van der Waals surface area contributed by atoms with Gasteiger partial charge in [-0.2, -0.15) is 0 Å². The first kappa shape index (κ1) is 13.8. The molecule has 7 heteroatoms. The number of amides is 1. The Balaban J connectivity index is 1.67. The summed E-state index contributed by atoms with van der Waals surface area (Å²) in [4.78, 5) is 32.1. The Morgan fingerprint density at radius 3 is 2.62 bits per heavy atom. The van der Waals surface area contributed by atoms with Crippen molar-refractivity contribution in [2.24, 2.45) is 7.05 Å². The number of aromatic nitrogens is 2. The van der Waals surface area contributed by atoms with Gasteiger partial charge in [-0.05, 0) is 6.07 Å². The molecule has 2 aromatic heterocycles. The van der Waals surface area contributed by atoms with Gasteiger partial charge in [-0.15, -0.1) is 11.3 Å². The minimum absolute atomic E-state index is 0.0237. The predicted molar refractivity (Wildman–Crippen MR) is 81.9 cm³/mol. The van der Waals surface area contributed by atoms with Crippen LogP contribution >= 0.6 is 11.3 Å². The van der Waals surface area contributed by atoms with Crippen molar-refractivity contribution in [2.75, 3.05) is 31.1 Å². The zero-order chi connectivity index (χ0) is 14.8. The lowest BCUT2D eigenvalue weighted by atomic mass is 10.2. The molecule has 1 fully saturated rings. The van der Waals surface area contributed by atoms with Crippen molar-refractivity contribution >= 4 is 22.4 Å². The number of carbonyl (C=O) groups is 1. The summed E-state index contributed by atoms with van der Waals surface area (Å²) in [6.07, 6.45) is 3.39. The molecule has 0 unspecified atom stereocenters. The highest BCUT2D eigenvalue weighted by atomic mass is 32.1. The summed E-state index contributed by atoms with van der Waals surface area (Å²) in [5.74, 6) is -0.0237. The molecular weight excluding hydrogens is 288 g/mol. The first-order chi connectivity index (χ1) is 10.1. The number of rotatable bonds is 2. The van der Waals surface area contributed by atoms with Crippen LogP contribution < -0.4 is 10.5 Å². The van der Waals surface area contributed by atoms with Crippen LogP contribution in [0.1, 0.15) is 10.4 Å². The first-order valence-corrected chi connectivity index (χ1v) is 7.63. The number of piperazine rings is 1. The van der Waals surface area contributed by atoms with Crippen LogP contribution in [-0.4, -0.2) is 46.5 Å². The van der Waals surface area contributed by atoms with Gasteiger partial charge in [-0.1, -0.05) is 0 Å². The highest BCUT2D eigenvalue weighted by molar-refractivity contribution is 7.13. The Kier molecular flexibility index (Phi) is 3.74. The van der Waals surface area contributed by atoms with Gasteiger partial charge in [0.05, 0.1) is 5.56 Å². The van der Waals surface area contributed by atoms with Crippen molar-refractivity contribution in [2.45, 2.75) is 0 Å². The maximum Gasteiger partial charge on any atom is 0.255 e. The molecule has 21 heavy (non-hydrogen) atoms. The highest BCUT2D eigenvalue weighted by Gasteiger charge is 2.23. The largest absolute Gasteiger partial charge is 0.345 e. The molecule has 1 aliphatic rings. The average Bonchev–Trinajstić information content (AvgIpc) is 3.04. The van der Waals surface area contributed by atoms with Crippen LogP contribution in [0.4, 0.5) is 5.13 Å². The van der Waals surface area contributed by atoms with Gasteiger partial charge in [0, 0.05) is 57.1 Å². The van der Waals surface area contributed by atoms with Gasteiger partial charge in [-0.3, -0.25) is 9.59 Å². The van der Waals surface area contributed by atoms with Crippen molar-refractivity contribution < 1.29 is 4.79 Å². The van der Waals surface area contributed by atoms with Crippen molar-refractivity contribution in [3.63, 3.8) is 0 Å². The Morgan fingerprint density at radius 1 is 1.24 bits per heavy atom. The van der Waals surface area contributed by atoms with E-state index in [2.05, 4.69) is 9.88 Å². The van der Waals surface area contributed by atoms with Crippen LogP contribution in [0.5, 0.6) is 0 Å². The molecule has 0 radical (unpaired) electrons. The number of nitrogens with zero attached hydrogens (tertiary/aromatic N) is 4. The van der Waals surface area contributed by atoms with Crippen molar-refractivity contribution in [1.29, 1.82) is 0 Å². The van der Waals surface area contributed by atoms with E-state index in [0.29, 0.717) is 18.7 Å². The van der Waals surface area contributed by atoms with Gasteiger partial charge in [0.15, 0.2) is 5.13 Å². The standard InChI is InChI=1S/C14H16N4O2S/c1-16-10-11(2-3-12(16)19)13(20)17-5-7-18(8-6-17)14-15-4-9-21-14/h2-4,9-10H,5-8H2,1H3. The summed E-state index contributed by atoms with van der Waals surface area (Å²) in [5.41, 5.74) is 0.444. The zero-order valence-corrected chi connectivity index (χ0v) is 12.5. The second-order valence-electron chi connectivity index (χ2n) is 4.96. The number of aryl methyl sites for hydroxylation is 1. The average molecular weight is 304 g/mol. The quantitative estimate of drug-likeness (QED) is 0.823. The number of carbonyl (C=O) groups excluding carboxylic acids is 1. The molecule has 0 N–H and O–H groups in total. The molecule has 3 rings (SSSR count). The number of hydrogen-bond acceptors (Lipinski definition) is 5. The van der Waals surface area contributed by atoms with Crippen molar-refractivity contribution in [3.8, 4) is 0 Å². The summed E-state index contributed by atoms with van der Waals surface area (Å²) in [6, 6.07) is 3.02. The van der Waals surface area contributed by atoms with Crippen LogP contribution in [0.3, 0.4) is 0 Å². The van der Waals surface area contributed by atoms with Crippen LogP contribution in [0.15, 0.2) is 34.7 Å². The fourth-order valence-corrected chi connectivity index (χ4v) is 3.07. The molecule has 0 bridgehead atoms. The van der Waals surface area contributed by atoms with Gasteiger partial charge >= 0.3 is 0 Å². The number of hydrogen-bond donors (Lipinski definition) is 0. The molecule has 0 spiro atoms. The van der Waals surface area contributed by atoms with Crippen molar-refractivity contribution in [3.05, 3.63) is 45.8 Å². The first-order valence-electron chi connectivity index (χ1n) is 6.75. The van der Waals surface area contributed by atoms with Gasteiger partial charge in [0.1, 0.15) is 0 Å². The molecule has 6 nitrogen and oxygen atoms in total. The lowest BCUT2D eigenvalue weighted by Crippen LogP contribution is -2.48. The van der Waals surface area contributed by atoms with E-state index in [1.54, 1.807) is 36.8 Å². The topological polar surface area (TPSA) is 58.4 Å². The van der Waals surface area contributed by atoms with Gasteiger partial charge in [0.2, 0.25) is 5.56 Å². The minimum atomic E-state index is -0.111. The second-order valence-corrected chi connectivity index (χ2v) is 5.83. The third-order valence-electron chi connectivity index (χ3n) is 3.59. The Hall–Kier alpha value is -2.15. The van der Waals surface area contributed by atoms with Gasteiger partial charge < -0.3 is 14.4 Å². The summed E-state index contributed by atoms with van der Waals surface area (Å²) in [6.45, 7) is 2.90. The summed E-state index contributed by atoms with van der Waals surface area (Å²) >= 11 is 1.61. The number of anilines is 1. The summed E-state index contributed by atoms with van der Waals surface area (Å²) in [7, 11) is 1.65. The SMILES string of the molecule is Cn1cc(C(=O)N2CCN(c3nccs3)CC2)ccc1=O. The maximum absolute atomic E-state index is 12.4. The van der Waals surface area contributed by atoms with E-state index in [1.807, 2.05) is 10.3 Å². The van der Waals surface area contributed by atoms with E-state index in [-0.39, 0.29) is 11.5 Å². The second kappa shape index (κ2) is 5.69. The number of thiazole rings is 1. The highest BCUT2D eigenvalue weighted by Crippen LogP contribution is 2.19. The molecule has 2 aromatic rings. The van der Waals surface area contributed by atoms with Crippen LogP contribution in [0.2, 0.25) is 0 Å². The van der Waals surface area contributed by atoms with E-state index < -0.39 is 0 Å². The van der Waals surface area contributed by atoms with E-state index in [9.17, 15) is 9.59 Å². The summed E-state index contributed by atoms with van der Waals surface area (Å²) < 4.78 is 1.43. The Bertz CT molecular complexity index is 687. The third kappa shape index (κ3) is 2.82. The van der Waals surface area contributed by atoms with E-state index in [1.165, 1.54) is 10.6 Å². The molecule has 1 saturated heterocycles. The third-order valence-corrected chi connectivity index (χ3v) is 4.42. The maximum atomic E-state index is 12.4. The molecular formula is C14H16N4O2S. The molecule has 3 heterocycles. The molecule has 0 atom stereocenters. The predicted octanol–water partition coefficient (Wildman–Crippen LogP) is 0.804. The van der Waals surface area contributed by atoms with Crippen LogP contribution in [0.25, 0.3) is 0 Å². The van der Waals surface area contributed by atoms with Crippen LogP contribution in [-0.2, 0) is 7.05 Å². The molecule has 0 saturated carbocycles. The van der Waals surface area contributed by atoms with Gasteiger partial charge in [-0.25, -0.2) is 4.98 Å². The summed E-state index contributed by atoms with van der Waals surface area (Å²) in [5, 5.41) is 2.96. The monoisotopic (exact) mass is 304 g/mol. The molecule has 0 aromatic carbocycles. The Morgan fingerprint density at radius 2 is 2.00 bits per heavy atom.